The topological polar surface area (TPSA) is 52.7 Å². The monoisotopic (exact) mass is 333 g/mol. The quantitative estimate of drug-likeness (QED) is 0.922. The molecule has 0 radical (unpaired) electrons. The molecule has 5 nitrogen and oxygen atoms in total. The molecule has 0 atom stereocenters. The molecule has 2 fully saturated rings. The van der Waals surface area contributed by atoms with Crippen LogP contribution in [0.3, 0.4) is 0 Å². The van der Waals surface area contributed by atoms with Crippen LogP contribution < -0.4 is 5.32 Å². The molecule has 130 valence electrons. The highest BCUT2D eigenvalue weighted by Crippen LogP contribution is 2.37. The predicted molar refractivity (Wildman–Crippen MR) is 90.2 cm³/mol. The van der Waals surface area contributed by atoms with Gasteiger partial charge in [-0.3, -0.25) is 14.5 Å². The summed E-state index contributed by atoms with van der Waals surface area (Å²) in [6.45, 7) is 3.72. The maximum absolute atomic E-state index is 13.1. The highest BCUT2D eigenvalue weighted by Gasteiger charge is 2.44. The van der Waals surface area contributed by atoms with E-state index in [2.05, 4.69) is 10.2 Å². The van der Waals surface area contributed by atoms with E-state index in [1.807, 2.05) is 11.9 Å². The Morgan fingerprint density at radius 2 is 2.00 bits per heavy atom. The summed E-state index contributed by atoms with van der Waals surface area (Å²) in [4.78, 5) is 28.1. The summed E-state index contributed by atoms with van der Waals surface area (Å²) in [6, 6.07) is 4.35. The number of likely N-dealkylation sites (tertiary alicyclic amines) is 2. The molecule has 3 rings (SSSR count). The highest BCUT2D eigenvalue weighted by molar-refractivity contribution is 5.93. The Bertz CT molecular complexity index is 654. The molecule has 24 heavy (non-hydrogen) atoms. The van der Waals surface area contributed by atoms with Gasteiger partial charge in [-0.25, -0.2) is 4.39 Å². The van der Waals surface area contributed by atoms with E-state index < -0.39 is 0 Å². The standard InChI is InChI=1S/C18H24FN3O2/c1-13-11-14(19)3-4-15(13)20-16(23)12-22-9-7-18(8-10-22)6-5-17(24)21(18)2/h3-4,11H,5-10,12H2,1-2H3,(H,20,23). The van der Waals surface area contributed by atoms with E-state index in [1.54, 1.807) is 13.0 Å². The van der Waals surface area contributed by atoms with Crippen LogP contribution in [0.15, 0.2) is 18.2 Å². The maximum Gasteiger partial charge on any atom is 0.238 e. The summed E-state index contributed by atoms with van der Waals surface area (Å²) >= 11 is 0. The van der Waals surface area contributed by atoms with E-state index in [1.165, 1.54) is 12.1 Å². The zero-order chi connectivity index (χ0) is 17.3. The van der Waals surface area contributed by atoms with Crippen molar-refractivity contribution in [3.8, 4) is 0 Å². The van der Waals surface area contributed by atoms with E-state index in [0.717, 1.165) is 32.4 Å². The van der Waals surface area contributed by atoms with Gasteiger partial charge in [0.25, 0.3) is 0 Å². The second-order valence-electron chi connectivity index (χ2n) is 6.96. The van der Waals surface area contributed by atoms with Crippen LogP contribution in [0.2, 0.25) is 0 Å². The van der Waals surface area contributed by atoms with Crippen molar-refractivity contribution in [1.82, 2.24) is 9.80 Å². The number of nitrogens with one attached hydrogen (secondary N) is 1. The molecular weight excluding hydrogens is 309 g/mol. The summed E-state index contributed by atoms with van der Waals surface area (Å²) < 4.78 is 13.1. The number of carbonyl (C=O) groups excluding carboxylic acids is 2. The summed E-state index contributed by atoms with van der Waals surface area (Å²) in [5.74, 6) is -0.161. The van der Waals surface area contributed by atoms with Gasteiger partial charge in [0.1, 0.15) is 5.82 Å². The van der Waals surface area contributed by atoms with Crippen LogP contribution in [0, 0.1) is 12.7 Å². The lowest BCUT2D eigenvalue weighted by molar-refractivity contribution is -0.131. The van der Waals surface area contributed by atoms with E-state index in [0.29, 0.717) is 24.2 Å². The van der Waals surface area contributed by atoms with E-state index in [4.69, 9.17) is 0 Å². The zero-order valence-corrected chi connectivity index (χ0v) is 14.3. The predicted octanol–water partition coefficient (Wildman–Crippen LogP) is 2.16. The lowest BCUT2D eigenvalue weighted by Gasteiger charge is -2.43. The van der Waals surface area contributed by atoms with E-state index in [9.17, 15) is 14.0 Å². The smallest absolute Gasteiger partial charge is 0.238 e. The largest absolute Gasteiger partial charge is 0.340 e. The number of carbonyl (C=O) groups is 2. The minimum absolute atomic E-state index is 0.00238. The van der Waals surface area contributed by atoms with Crippen molar-refractivity contribution in [1.29, 1.82) is 0 Å². The van der Waals surface area contributed by atoms with E-state index >= 15 is 0 Å². The van der Waals surface area contributed by atoms with Gasteiger partial charge in [0.15, 0.2) is 0 Å². The van der Waals surface area contributed by atoms with Crippen LogP contribution in [0.4, 0.5) is 10.1 Å². The Kier molecular flexibility index (Phi) is 4.58. The first-order valence-electron chi connectivity index (χ1n) is 8.45. The number of anilines is 1. The first-order chi connectivity index (χ1) is 11.4. The Hall–Kier alpha value is -1.95. The molecule has 0 aromatic heterocycles. The molecule has 0 bridgehead atoms. The lowest BCUT2D eigenvalue weighted by Crippen LogP contribution is -2.52. The minimum atomic E-state index is -0.304. The molecule has 2 amide bonds. The number of rotatable bonds is 3. The van der Waals surface area contributed by atoms with Crippen molar-refractivity contribution in [2.75, 3.05) is 32.0 Å². The normalized spacial score (nSPS) is 20.6. The van der Waals surface area contributed by atoms with Crippen LogP contribution in [-0.2, 0) is 9.59 Å². The van der Waals surface area contributed by atoms with Gasteiger partial charge in [0.05, 0.1) is 6.54 Å². The van der Waals surface area contributed by atoms with Crippen LogP contribution >= 0.6 is 0 Å². The van der Waals surface area contributed by atoms with Crippen molar-refractivity contribution in [2.24, 2.45) is 0 Å². The molecule has 6 heteroatoms. The molecule has 2 aliphatic rings. The maximum atomic E-state index is 13.1. The number of nitrogens with zero attached hydrogens (tertiary/aromatic N) is 2. The summed E-state index contributed by atoms with van der Waals surface area (Å²) in [5.41, 5.74) is 1.36. The van der Waals surface area contributed by atoms with Gasteiger partial charge in [-0.05, 0) is 49.9 Å². The number of aryl methyl sites for hydroxylation is 1. The van der Waals surface area contributed by atoms with Crippen LogP contribution in [0.25, 0.3) is 0 Å². The Morgan fingerprint density at radius 3 is 2.58 bits per heavy atom. The fourth-order valence-corrected chi connectivity index (χ4v) is 3.81. The second kappa shape index (κ2) is 6.51. The molecule has 2 saturated heterocycles. The second-order valence-corrected chi connectivity index (χ2v) is 6.96. The van der Waals surface area contributed by atoms with E-state index in [-0.39, 0.29) is 23.2 Å². The number of amides is 2. The third-order valence-corrected chi connectivity index (χ3v) is 5.51. The zero-order valence-electron chi connectivity index (χ0n) is 14.3. The minimum Gasteiger partial charge on any atom is -0.340 e. The van der Waals surface area contributed by atoms with Gasteiger partial charge in [0.2, 0.25) is 11.8 Å². The fourth-order valence-electron chi connectivity index (χ4n) is 3.81. The molecule has 2 aliphatic heterocycles. The number of hydrogen-bond acceptors (Lipinski definition) is 3. The molecule has 0 aliphatic carbocycles. The highest BCUT2D eigenvalue weighted by atomic mass is 19.1. The third kappa shape index (κ3) is 3.29. The van der Waals surface area contributed by atoms with Crippen molar-refractivity contribution in [2.45, 2.75) is 38.1 Å². The third-order valence-electron chi connectivity index (χ3n) is 5.51. The van der Waals surface area contributed by atoms with Crippen LogP contribution in [-0.4, -0.2) is 53.8 Å². The summed E-state index contributed by atoms with van der Waals surface area (Å²) in [5, 5.41) is 2.85. The SMILES string of the molecule is Cc1cc(F)ccc1NC(=O)CN1CCC2(CCC(=O)N2C)CC1. The Labute approximate surface area is 141 Å². The number of piperidine rings is 1. The lowest BCUT2D eigenvalue weighted by atomic mass is 9.85. The molecular formula is C18H24FN3O2. The van der Waals surface area contributed by atoms with Crippen LogP contribution in [0.5, 0.6) is 0 Å². The summed E-state index contributed by atoms with van der Waals surface area (Å²) in [6.07, 6.45) is 3.40. The molecule has 1 spiro atoms. The van der Waals surface area contributed by atoms with Gasteiger partial charge in [-0.2, -0.15) is 0 Å². The average Bonchev–Trinajstić information content (AvgIpc) is 2.81. The van der Waals surface area contributed by atoms with Gasteiger partial charge in [0, 0.05) is 37.8 Å². The van der Waals surface area contributed by atoms with Gasteiger partial charge < -0.3 is 10.2 Å². The number of halogens is 1. The Morgan fingerprint density at radius 1 is 1.29 bits per heavy atom. The molecule has 0 unspecified atom stereocenters. The van der Waals surface area contributed by atoms with Gasteiger partial charge >= 0.3 is 0 Å². The van der Waals surface area contributed by atoms with Crippen molar-refractivity contribution < 1.29 is 14.0 Å². The average molecular weight is 333 g/mol. The molecule has 1 N–H and O–H groups in total. The van der Waals surface area contributed by atoms with Crippen molar-refractivity contribution in [3.05, 3.63) is 29.6 Å². The van der Waals surface area contributed by atoms with Crippen molar-refractivity contribution >= 4 is 17.5 Å². The van der Waals surface area contributed by atoms with Crippen molar-refractivity contribution in [3.63, 3.8) is 0 Å². The molecule has 2 heterocycles. The first kappa shape index (κ1) is 16.9. The fraction of sp³-hybridized carbons (Fsp3) is 0.556. The molecule has 1 aromatic rings. The molecule has 0 saturated carbocycles. The number of hydrogen-bond donors (Lipinski definition) is 1. The first-order valence-corrected chi connectivity index (χ1v) is 8.45. The van der Waals surface area contributed by atoms with Crippen LogP contribution in [0.1, 0.15) is 31.2 Å². The molecule has 1 aromatic carbocycles. The van der Waals surface area contributed by atoms with Gasteiger partial charge in [-0.15, -0.1) is 0 Å². The number of benzene rings is 1. The Balaban J connectivity index is 1.53. The van der Waals surface area contributed by atoms with Gasteiger partial charge in [-0.1, -0.05) is 0 Å². The summed E-state index contributed by atoms with van der Waals surface area (Å²) in [7, 11) is 1.90.